The molecule has 0 aliphatic heterocycles. The number of esters is 1. The lowest BCUT2D eigenvalue weighted by Gasteiger charge is -2.20. The van der Waals surface area contributed by atoms with Crippen LogP contribution in [0.25, 0.3) is 0 Å². The van der Waals surface area contributed by atoms with Gasteiger partial charge in [0.05, 0.1) is 40.5 Å². The van der Waals surface area contributed by atoms with Crippen LogP contribution >= 0.6 is 23.8 Å². The number of anilines is 4. The van der Waals surface area contributed by atoms with Crippen molar-refractivity contribution in [3.05, 3.63) is 40.5 Å². The van der Waals surface area contributed by atoms with Crippen molar-refractivity contribution in [2.75, 3.05) is 55.2 Å². The number of halogens is 1. The van der Waals surface area contributed by atoms with Crippen LogP contribution in [-0.2, 0) is 4.74 Å². The van der Waals surface area contributed by atoms with E-state index < -0.39 is 5.97 Å². The number of aliphatic hydroxyl groups excluding tert-OH is 1. The van der Waals surface area contributed by atoms with Crippen molar-refractivity contribution < 1.29 is 14.6 Å². The summed E-state index contributed by atoms with van der Waals surface area (Å²) in [6.45, 7) is 2.33. The van der Waals surface area contributed by atoms with E-state index in [0.29, 0.717) is 34.9 Å². The summed E-state index contributed by atoms with van der Waals surface area (Å²) in [5, 5.41) is 19.0. The van der Waals surface area contributed by atoms with E-state index in [4.69, 9.17) is 33.7 Å². The van der Waals surface area contributed by atoms with E-state index in [9.17, 15) is 4.79 Å². The minimum absolute atomic E-state index is 0.0130. The summed E-state index contributed by atoms with van der Waals surface area (Å²) < 4.78 is 4.87. The molecule has 0 aliphatic carbocycles. The molecule has 0 atom stereocenters. The quantitative estimate of drug-likeness (QED) is 0.273. The minimum atomic E-state index is -0.514. The van der Waals surface area contributed by atoms with E-state index in [0.717, 1.165) is 17.2 Å². The second kappa shape index (κ2) is 11.0. The molecule has 0 radical (unpaired) electrons. The second-order valence-electron chi connectivity index (χ2n) is 6.62. The van der Waals surface area contributed by atoms with Gasteiger partial charge in [0, 0.05) is 27.2 Å². The fourth-order valence-electron chi connectivity index (χ4n) is 2.65. The SMILES string of the molecule is COC(=O)c1ccc(Cl)c(NC(=S)Nc2ccc(N(C)C)nc2C)c1NCCCO. The van der Waals surface area contributed by atoms with Gasteiger partial charge in [-0.15, -0.1) is 0 Å². The van der Waals surface area contributed by atoms with Gasteiger partial charge in [0.1, 0.15) is 5.82 Å². The first kappa shape index (κ1) is 23.7. The molecule has 30 heavy (non-hydrogen) atoms. The normalized spacial score (nSPS) is 10.3. The van der Waals surface area contributed by atoms with Gasteiger partial charge in [-0.25, -0.2) is 9.78 Å². The Morgan fingerprint density at radius 2 is 1.97 bits per heavy atom. The molecule has 4 N–H and O–H groups in total. The third-order valence-electron chi connectivity index (χ3n) is 4.21. The number of aliphatic hydroxyl groups is 1. The van der Waals surface area contributed by atoms with E-state index in [1.165, 1.54) is 7.11 Å². The number of thiocarbonyl (C=S) groups is 1. The molecule has 2 aromatic rings. The molecule has 162 valence electrons. The lowest BCUT2D eigenvalue weighted by molar-refractivity contribution is 0.0602. The highest BCUT2D eigenvalue weighted by Crippen LogP contribution is 2.34. The van der Waals surface area contributed by atoms with Gasteiger partial charge in [0.2, 0.25) is 0 Å². The zero-order valence-electron chi connectivity index (χ0n) is 17.4. The lowest BCUT2D eigenvalue weighted by atomic mass is 10.1. The third-order valence-corrected chi connectivity index (χ3v) is 4.73. The Balaban J connectivity index is 2.29. The van der Waals surface area contributed by atoms with E-state index >= 15 is 0 Å². The molecule has 0 spiro atoms. The Labute approximate surface area is 186 Å². The van der Waals surface area contributed by atoms with Crippen molar-refractivity contribution in [3.8, 4) is 0 Å². The van der Waals surface area contributed by atoms with Gasteiger partial charge in [-0.05, 0) is 49.8 Å². The molecule has 0 fully saturated rings. The summed E-state index contributed by atoms with van der Waals surface area (Å²) >= 11 is 11.8. The molecule has 1 aromatic carbocycles. The van der Waals surface area contributed by atoms with Crippen LogP contribution in [0.2, 0.25) is 5.02 Å². The first-order chi connectivity index (χ1) is 14.3. The fraction of sp³-hybridized carbons (Fsp3) is 0.350. The largest absolute Gasteiger partial charge is 0.465 e. The molecule has 0 saturated carbocycles. The average Bonchev–Trinajstić information content (AvgIpc) is 2.71. The van der Waals surface area contributed by atoms with Gasteiger partial charge in [0.15, 0.2) is 5.11 Å². The fourth-order valence-corrected chi connectivity index (χ4v) is 3.07. The molecule has 0 aliphatic rings. The standard InChI is InChI=1S/C20H26ClN5O3S/c1-12-15(8-9-16(23-12)26(2)3)24-20(30)25-18-14(21)7-6-13(19(28)29-4)17(18)22-10-5-11-27/h6-9,22,27H,5,10-11H2,1-4H3,(H2,24,25,30). The highest BCUT2D eigenvalue weighted by Gasteiger charge is 2.19. The third kappa shape index (κ3) is 5.94. The van der Waals surface area contributed by atoms with Gasteiger partial charge in [0.25, 0.3) is 0 Å². The lowest BCUT2D eigenvalue weighted by Crippen LogP contribution is -2.22. The molecule has 0 amide bonds. The molecule has 0 bridgehead atoms. The Hall–Kier alpha value is -2.62. The minimum Gasteiger partial charge on any atom is -0.465 e. The number of aromatic nitrogens is 1. The number of hydrogen-bond donors (Lipinski definition) is 4. The number of rotatable bonds is 8. The van der Waals surface area contributed by atoms with Crippen LogP contribution in [0.4, 0.5) is 22.9 Å². The molecule has 0 saturated heterocycles. The number of pyridine rings is 1. The first-order valence-electron chi connectivity index (χ1n) is 9.27. The monoisotopic (exact) mass is 451 g/mol. The molecular formula is C20H26ClN5O3S. The van der Waals surface area contributed by atoms with Crippen molar-refractivity contribution in [1.82, 2.24) is 4.98 Å². The van der Waals surface area contributed by atoms with Gasteiger partial charge in [-0.2, -0.15) is 0 Å². The Morgan fingerprint density at radius 3 is 2.57 bits per heavy atom. The maximum Gasteiger partial charge on any atom is 0.340 e. The number of ether oxygens (including phenoxy) is 1. The van der Waals surface area contributed by atoms with Crippen molar-refractivity contribution in [1.29, 1.82) is 0 Å². The zero-order valence-corrected chi connectivity index (χ0v) is 18.9. The maximum atomic E-state index is 12.2. The molecule has 8 nitrogen and oxygen atoms in total. The summed E-state index contributed by atoms with van der Waals surface area (Å²) in [5.41, 5.74) is 2.71. The average molecular weight is 452 g/mol. The summed E-state index contributed by atoms with van der Waals surface area (Å²) in [4.78, 5) is 18.6. The van der Waals surface area contributed by atoms with Gasteiger partial charge in [-0.3, -0.25) is 0 Å². The van der Waals surface area contributed by atoms with Crippen LogP contribution in [0, 0.1) is 6.92 Å². The summed E-state index contributed by atoms with van der Waals surface area (Å²) in [6.07, 6.45) is 0.498. The number of carbonyl (C=O) groups is 1. The molecular weight excluding hydrogens is 426 g/mol. The van der Waals surface area contributed by atoms with E-state index in [-0.39, 0.29) is 11.7 Å². The van der Waals surface area contributed by atoms with Crippen molar-refractivity contribution >= 4 is 57.8 Å². The number of carbonyl (C=O) groups excluding carboxylic acids is 1. The number of nitrogens with zero attached hydrogens (tertiary/aromatic N) is 2. The molecule has 2 rings (SSSR count). The maximum absolute atomic E-state index is 12.2. The van der Waals surface area contributed by atoms with Crippen molar-refractivity contribution in [2.45, 2.75) is 13.3 Å². The molecule has 0 unspecified atom stereocenters. The molecule has 1 heterocycles. The molecule has 10 heteroatoms. The second-order valence-corrected chi connectivity index (χ2v) is 7.43. The van der Waals surface area contributed by atoms with Crippen LogP contribution in [0.3, 0.4) is 0 Å². The van der Waals surface area contributed by atoms with Gasteiger partial charge < -0.3 is 30.7 Å². The highest BCUT2D eigenvalue weighted by atomic mass is 35.5. The van der Waals surface area contributed by atoms with Crippen molar-refractivity contribution in [2.24, 2.45) is 0 Å². The topological polar surface area (TPSA) is 98.8 Å². The van der Waals surface area contributed by atoms with Gasteiger partial charge in [-0.1, -0.05) is 11.6 Å². The number of methoxy groups -OCH3 is 1. The van der Waals surface area contributed by atoms with Crippen LogP contribution in [0.15, 0.2) is 24.3 Å². The van der Waals surface area contributed by atoms with Crippen LogP contribution in [0.1, 0.15) is 22.5 Å². The van der Waals surface area contributed by atoms with Crippen molar-refractivity contribution in [3.63, 3.8) is 0 Å². The number of benzene rings is 1. The van der Waals surface area contributed by atoms with E-state index in [1.807, 2.05) is 38.1 Å². The summed E-state index contributed by atoms with van der Waals surface area (Å²) in [6, 6.07) is 6.93. The predicted molar refractivity (Wildman–Crippen MR) is 126 cm³/mol. The van der Waals surface area contributed by atoms with Crippen LogP contribution in [-0.4, -0.2) is 55.5 Å². The smallest absolute Gasteiger partial charge is 0.340 e. The summed E-state index contributed by atoms with van der Waals surface area (Å²) in [7, 11) is 5.15. The number of hydrogen-bond acceptors (Lipinski definition) is 7. The highest BCUT2D eigenvalue weighted by molar-refractivity contribution is 7.80. The van der Waals surface area contributed by atoms with E-state index in [2.05, 4.69) is 20.9 Å². The zero-order chi connectivity index (χ0) is 22.3. The number of aryl methyl sites for hydroxylation is 1. The number of nitrogens with one attached hydrogen (secondary N) is 3. The Kier molecular flexibility index (Phi) is 8.64. The van der Waals surface area contributed by atoms with Gasteiger partial charge >= 0.3 is 5.97 Å². The van der Waals surface area contributed by atoms with Crippen LogP contribution < -0.4 is 20.9 Å². The summed E-state index contributed by atoms with van der Waals surface area (Å²) in [5.74, 6) is 0.320. The molecule has 1 aromatic heterocycles. The van der Waals surface area contributed by atoms with Crippen LogP contribution in [0.5, 0.6) is 0 Å². The predicted octanol–water partition coefficient (Wildman–Crippen LogP) is 3.50. The van der Waals surface area contributed by atoms with E-state index in [1.54, 1.807) is 12.1 Å². The Morgan fingerprint density at radius 1 is 1.23 bits per heavy atom. The first-order valence-corrected chi connectivity index (χ1v) is 10.1. The Bertz CT molecular complexity index is 924.